The quantitative estimate of drug-likeness (QED) is 0.667. The Hall–Kier alpha value is -3.42. The van der Waals surface area contributed by atoms with Crippen molar-refractivity contribution in [2.75, 3.05) is 0 Å². The number of carbonyl (C=O) groups is 1. The van der Waals surface area contributed by atoms with Crippen LogP contribution < -0.4 is 19.8 Å². The molecule has 0 radical (unpaired) electrons. The average molecular weight is 340 g/mol. The van der Waals surface area contributed by atoms with Gasteiger partial charge in [-0.25, -0.2) is 4.98 Å². The normalized spacial score (nSPS) is 10.4. The fourth-order valence-electron chi connectivity index (χ4n) is 2.16. The lowest BCUT2D eigenvalue weighted by molar-refractivity contribution is -0.751. The standard InChI is InChI=1S/C17H16N4O4/c1-12-5-2-3-7-14(12)24-17-13(6-4-8-18-17)9-19-15(22)10-21-11-16(23)25-20-21/h2-8,11H,9-10H2,1H3,(H-,19,20,22,23). The lowest BCUT2D eigenvalue weighted by atomic mass is 10.2. The SMILES string of the molecule is Cc1ccccc1Oc1ncccc1CNC(=O)C[n+]1cc([O-])on1. The molecule has 128 valence electrons. The van der Waals surface area contributed by atoms with Crippen molar-refractivity contribution in [1.29, 1.82) is 0 Å². The molecule has 1 aromatic carbocycles. The number of hydrogen-bond acceptors (Lipinski definition) is 6. The van der Waals surface area contributed by atoms with Gasteiger partial charge in [-0.2, -0.15) is 0 Å². The number of aryl methyl sites for hydroxylation is 1. The Morgan fingerprint density at radius 1 is 1.32 bits per heavy atom. The van der Waals surface area contributed by atoms with E-state index in [1.54, 1.807) is 12.3 Å². The Bertz CT molecular complexity index is 878. The summed E-state index contributed by atoms with van der Waals surface area (Å²) in [6.07, 6.45) is 2.73. The van der Waals surface area contributed by atoms with Gasteiger partial charge in [-0.15, -0.1) is 0 Å². The Labute approximate surface area is 143 Å². The van der Waals surface area contributed by atoms with E-state index in [0.717, 1.165) is 22.0 Å². The van der Waals surface area contributed by atoms with Gasteiger partial charge in [0.2, 0.25) is 12.1 Å². The van der Waals surface area contributed by atoms with Crippen LogP contribution in [-0.2, 0) is 17.9 Å². The van der Waals surface area contributed by atoms with Gasteiger partial charge in [0, 0.05) is 18.3 Å². The van der Waals surface area contributed by atoms with E-state index in [-0.39, 0.29) is 19.0 Å². The number of benzene rings is 1. The summed E-state index contributed by atoms with van der Waals surface area (Å²) in [5, 5.41) is 17.0. The monoisotopic (exact) mass is 340 g/mol. The van der Waals surface area contributed by atoms with E-state index in [4.69, 9.17) is 4.74 Å². The molecule has 8 nitrogen and oxygen atoms in total. The first-order chi connectivity index (χ1) is 12.1. The third-order valence-corrected chi connectivity index (χ3v) is 3.42. The maximum Gasteiger partial charge on any atom is 0.288 e. The van der Waals surface area contributed by atoms with Gasteiger partial charge in [0.25, 0.3) is 12.5 Å². The second-order valence-corrected chi connectivity index (χ2v) is 5.33. The zero-order valence-electron chi connectivity index (χ0n) is 13.5. The zero-order valence-corrected chi connectivity index (χ0v) is 13.5. The Morgan fingerprint density at radius 3 is 2.92 bits per heavy atom. The summed E-state index contributed by atoms with van der Waals surface area (Å²) in [4.78, 5) is 16.2. The molecule has 1 amide bonds. The highest BCUT2D eigenvalue weighted by Gasteiger charge is 2.13. The Balaban J connectivity index is 1.65. The molecule has 3 aromatic rings. The molecular weight excluding hydrogens is 324 g/mol. The molecule has 0 aliphatic heterocycles. The number of ether oxygens (including phenoxy) is 1. The van der Waals surface area contributed by atoms with E-state index in [9.17, 15) is 9.90 Å². The summed E-state index contributed by atoms with van der Waals surface area (Å²) in [6, 6.07) is 11.2. The molecule has 0 aliphatic carbocycles. The van der Waals surface area contributed by atoms with E-state index in [1.165, 1.54) is 0 Å². The first-order valence-corrected chi connectivity index (χ1v) is 7.59. The number of amides is 1. The average Bonchev–Trinajstić information content (AvgIpc) is 3.01. The van der Waals surface area contributed by atoms with Crippen LogP contribution in [0.5, 0.6) is 17.6 Å². The minimum atomic E-state index is -0.603. The molecule has 2 heterocycles. The van der Waals surface area contributed by atoms with Crippen LogP contribution in [0, 0.1) is 6.92 Å². The van der Waals surface area contributed by atoms with Crippen molar-refractivity contribution in [3.63, 3.8) is 0 Å². The third-order valence-electron chi connectivity index (χ3n) is 3.42. The molecule has 0 unspecified atom stereocenters. The summed E-state index contributed by atoms with van der Waals surface area (Å²) in [5.74, 6) is 0.209. The third kappa shape index (κ3) is 4.31. The molecule has 0 saturated heterocycles. The minimum Gasteiger partial charge on any atom is -0.539 e. The molecule has 3 rings (SSSR count). The number of para-hydroxylation sites is 1. The van der Waals surface area contributed by atoms with Crippen molar-refractivity contribution in [1.82, 2.24) is 15.6 Å². The number of carbonyl (C=O) groups excluding carboxylic acids is 1. The largest absolute Gasteiger partial charge is 0.539 e. The van der Waals surface area contributed by atoms with Crippen LogP contribution in [0.3, 0.4) is 0 Å². The first-order valence-electron chi connectivity index (χ1n) is 7.59. The predicted octanol–water partition coefficient (Wildman–Crippen LogP) is 0.848. The van der Waals surface area contributed by atoms with Crippen molar-refractivity contribution in [2.45, 2.75) is 20.0 Å². The van der Waals surface area contributed by atoms with Crippen molar-refractivity contribution in [3.05, 3.63) is 59.9 Å². The molecule has 8 heteroatoms. The smallest absolute Gasteiger partial charge is 0.288 e. The lowest BCUT2D eigenvalue weighted by Gasteiger charge is -2.11. The van der Waals surface area contributed by atoms with Gasteiger partial charge in [0.15, 0.2) is 0 Å². The van der Waals surface area contributed by atoms with E-state index in [2.05, 4.69) is 20.1 Å². The number of rotatable bonds is 6. The molecular formula is C17H16N4O4. The number of nitrogens with zero attached hydrogens (tertiary/aromatic N) is 3. The number of nitrogens with one attached hydrogen (secondary N) is 1. The highest BCUT2D eigenvalue weighted by Crippen LogP contribution is 2.25. The maximum atomic E-state index is 11.9. The predicted molar refractivity (Wildman–Crippen MR) is 83.5 cm³/mol. The van der Waals surface area contributed by atoms with Crippen molar-refractivity contribution in [2.24, 2.45) is 0 Å². The Morgan fingerprint density at radius 2 is 2.16 bits per heavy atom. The number of hydrogen-bond donors (Lipinski definition) is 1. The molecule has 0 atom stereocenters. The topological polar surface area (TPSA) is 104 Å². The van der Waals surface area contributed by atoms with E-state index in [1.807, 2.05) is 37.3 Å². The van der Waals surface area contributed by atoms with Gasteiger partial charge in [-0.05, 0) is 24.6 Å². The summed E-state index contributed by atoms with van der Waals surface area (Å²) in [6.45, 7) is 2.07. The fourth-order valence-corrected chi connectivity index (χ4v) is 2.16. The zero-order chi connectivity index (χ0) is 17.6. The minimum absolute atomic E-state index is 0.111. The molecule has 0 saturated carbocycles. The summed E-state index contributed by atoms with van der Waals surface area (Å²) in [5.41, 5.74) is 1.72. The number of aromatic nitrogens is 3. The van der Waals surface area contributed by atoms with Gasteiger partial charge in [-0.3, -0.25) is 4.79 Å². The fraction of sp³-hybridized carbons (Fsp3) is 0.176. The molecule has 0 fully saturated rings. The van der Waals surface area contributed by atoms with Crippen LogP contribution in [0.4, 0.5) is 0 Å². The van der Waals surface area contributed by atoms with Crippen molar-refractivity contribution < 1.29 is 23.8 Å². The second kappa shape index (κ2) is 7.43. The molecule has 1 N–H and O–H groups in total. The molecule has 0 spiro atoms. The molecule has 0 bridgehead atoms. The van der Waals surface area contributed by atoms with Gasteiger partial charge in [0.05, 0.1) is 5.27 Å². The van der Waals surface area contributed by atoms with Crippen LogP contribution in [-0.4, -0.2) is 16.2 Å². The van der Waals surface area contributed by atoms with E-state index >= 15 is 0 Å². The summed E-state index contributed by atoms with van der Waals surface area (Å²) in [7, 11) is 0. The molecule has 0 aliphatic rings. The first kappa shape index (κ1) is 16.4. The van der Waals surface area contributed by atoms with Gasteiger partial charge < -0.3 is 19.7 Å². The highest BCUT2D eigenvalue weighted by atomic mass is 16.6. The highest BCUT2D eigenvalue weighted by molar-refractivity contribution is 5.74. The van der Waals surface area contributed by atoms with Crippen LogP contribution >= 0.6 is 0 Å². The van der Waals surface area contributed by atoms with Crippen LogP contribution in [0.2, 0.25) is 0 Å². The van der Waals surface area contributed by atoms with Crippen LogP contribution in [0.15, 0.2) is 53.3 Å². The second-order valence-electron chi connectivity index (χ2n) is 5.33. The van der Waals surface area contributed by atoms with Crippen LogP contribution in [0.1, 0.15) is 11.1 Å². The maximum absolute atomic E-state index is 11.9. The summed E-state index contributed by atoms with van der Waals surface area (Å²) < 4.78 is 11.4. The van der Waals surface area contributed by atoms with Crippen molar-refractivity contribution >= 4 is 5.91 Å². The molecule has 25 heavy (non-hydrogen) atoms. The van der Waals surface area contributed by atoms with E-state index in [0.29, 0.717) is 11.6 Å². The lowest BCUT2D eigenvalue weighted by Crippen LogP contribution is -2.43. The summed E-state index contributed by atoms with van der Waals surface area (Å²) >= 11 is 0. The van der Waals surface area contributed by atoms with Gasteiger partial charge in [0.1, 0.15) is 11.7 Å². The van der Waals surface area contributed by atoms with E-state index < -0.39 is 5.95 Å². The van der Waals surface area contributed by atoms with Crippen LogP contribution in [0.25, 0.3) is 0 Å². The molecule has 2 aromatic heterocycles. The van der Waals surface area contributed by atoms with Crippen molar-refractivity contribution in [3.8, 4) is 17.6 Å². The number of pyridine rings is 1. The van der Waals surface area contributed by atoms with Gasteiger partial charge >= 0.3 is 0 Å². The Kier molecular flexibility index (Phi) is 4.89. The van der Waals surface area contributed by atoms with Gasteiger partial charge in [-0.1, -0.05) is 28.9 Å².